The van der Waals surface area contributed by atoms with E-state index in [1.54, 1.807) is 23.3 Å². The van der Waals surface area contributed by atoms with E-state index in [-0.39, 0.29) is 5.91 Å². The first-order valence-electron chi connectivity index (χ1n) is 9.65. The standard InChI is InChI=1S/C23H26N2O2S/c1-24(2)23(26)22-21(18-9-5-7-11-20(18)28-22)17-12-13-25(15-17)14-16-8-4-6-10-19(16)27-3/h4-11,17H,12-15H2,1-3H3/t17-/m1/s1. The monoisotopic (exact) mass is 394 g/mol. The number of benzene rings is 2. The molecule has 1 saturated heterocycles. The van der Waals surface area contributed by atoms with E-state index in [0.29, 0.717) is 5.92 Å². The minimum Gasteiger partial charge on any atom is -0.496 e. The Balaban J connectivity index is 1.62. The van der Waals surface area contributed by atoms with Crippen molar-refractivity contribution in [3.8, 4) is 5.75 Å². The fourth-order valence-electron chi connectivity index (χ4n) is 4.12. The number of para-hydroxylation sites is 1. The van der Waals surface area contributed by atoms with Crippen LogP contribution in [0.5, 0.6) is 5.75 Å². The van der Waals surface area contributed by atoms with E-state index >= 15 is 0 Å². The Morgan fingerprint density at radius 2 is 1.93 bits per heavy atom. The Morgan fingerprint density at radius 1 is 1.18 bits per heavy atom. The molecular weight excluding hydrogens is 368 g/mol. The van der Waals surface area contributed by atoms with Crippen molar-refractivity contribution in [2.45, 2.75) is 18.9 Å². The first-order valence-corrected chi connectivity index (χ1v) is 10.5. The lowest BCUT2D eigenvalue weighted by atomic mass is 9.95. The predicted molar refractivity (Wildman–Crippen MR) is 115 cm³/mol. The zero-order valence-electron chi connectivity index (χ0n) is 16.6. The third kappa shape index (κ3) is 3.52. The molecule has 0 spiro atoms. The highest BCUT2D eigenvalue weighted by Crippen LogP contribution is 2.41. The van der Waals surface area contributed by atoms with Gasteiger partial charge in [-0.3, -0.25) is 9.69 Å². The van der Waals surface area contributed by atoms with Gasteiger partial charge in [0.1, 0.15) is 5.75 Å². The molecule has 1 amide bonds. The van der Waals surface area contributed by atoms with Crippen LogP contribution in [0.3, 0.4) is 0 Å². The molecule has 0 N–H and O–H groups in total. The van der Waals surface area contributed by atoms with E-state index < -0.39 is 0 Å². The summed E-state index contributed by atoms with van der Waals surface area (Å²) in [7, 11) is 5.39. The van der Waals surface area contributed by atoms with E-state index in [1.165, 1.54) is 21.2 Å². The van der Waals surface area contributed by atoms with Crippen molar-refractivity contribution in [2.24, 2.45) is 0 Å². The minimum absolute atomic E-state index is 0.111. The van der Waals surface area contributed by atoms with Crippen LogP contribution in [0.2, 0.25) is 0 Å². The zero-order valence-corrected chi connectivity index (χ0v) is 17.5. The van der Waals surface area contributed by atoms with Crippen molar-refractivity contribution >= 4 is 27.3 Å². The molecule has 4 rings (SSSR count). The number of amides is 1. The van der Waals surface area contributed by atoms with Gasteiger partial charge < -0.3 is 9.64 Å². The first kappa shape index (κ1) is 19.0. The van der Waals surface area contributed by atoms with Crippen LogP contribution in [0.25, 0.3) is 10.1 Å². The summed E-state index contributed by atoms with van der Waals surface area (Å²) in [5.41, 5.74) is 2.45. The Bertz CT molecular complexity index is 995. The van der Waals surface area contributed by atoms with E-state index in [9.17, 15) is 4.79 Å². The van der Waals surface area contributed by atoms with Crippen LogP contribution in [0, 0.1) is 0 Å². The number of carbonyl (C=O) groups is 1. The predicted octanol–water partition coefficient (Wildman–Crippen LogP) is 4.60. The third-order valence-electron chi connectivity index (χ3n) is 5.50. The molecule has 146 valence electrons. The van der Waals surface area contributed by atoms with Crippen LogP contribution in [0.1, 0.15) is 33.1 Å². The Morgan fingerprint density at radius 3 is 2.71 bits per heavy atom. The highest BCUT2D eigenvalue weighted by Gasteiger charge is 2.31. The van der Waals surface area contributed by atoms with E-state index in [0.717, 1.165) is 36.7 Å². The SMILES string of the molecule is COc1ccccc1CN1CC[C@@H](c2c(C(=O)N(C)C)sc3ccccc23)C1. The van der Waals surface area contributed by atoms with Gasteiger partial charge in [-0.15, -0.1) is 11.3 Å². The number of carbonyl (C=O) groups excluding carboxylic acids is 1. The maximum Gasteiger partial charge on any atom is 0.263 e. The highest BCUT2D eigenvalue weighted by atomic mass is 32.1. The van der Waals surface area contributed by atoms with Crippen molar-refractivity contribution in [1.82, 2.24) is 9.80 Å². The van der Waals surface area contributed by atoms with Crippen molar-refractivity contribution < 1.29 is 9.53 Å². The fourth-order valence-corrected chi connectivity index (χ4v) is 5.43. The largest absolute Gasteiger partial charge is 0.496 e. The van der Waals surface area contributed by atoms with Gasteiger partial charge in [0.2, 0.25) is 0 Å². The van der Waals surface area contributed by atoms with E-state index in [4.69, 9.17) is 4.74 Å². The van der Waals surface area contributed by atoms with Gasteiger partial charge in [0.15, 0.2) is 0 Å². The number of ether oxygens (including phenoxy) is 1. The quantitative estimate of drug-likeness (QED) is 0.634. The number of hydrogen-bond acceptors (Lipinski definition) is 4. The molecule has 1 atom stereocenters. The number of hydrogen-bond donors (Lipinski definition) is 0. The van der Waals surface area contributed by atoms with Crippen LogP contribution < -0.4 is 4.74 Å². The lowest BCUT2D eigenvalue weighted by Crippen LogP contribution is -2.23. The van der Waals surface area contributed by atoms with Crippen molar-refractivity contribution in [1.29, 1.82) is 0 Å². The van der Waals surface area contributed by atoms with Gasteiger partial charge in [-0.1, -0.05) is 36.4 Å². The Kier molecular flexibility index (Phi) is 5.38. The second-order valence-electron chi connectivity index (χ2n) is 7.57. The molecule has 1 aromatic heterocycles. The van der Waals surface area contributed by atoms with Gasteiger partial charge in [-0.2, -0.15) is 0 Å². The van der Waals surface area contributed by atoms with Crippen molar-refractivity contribution in [3.05, 3.63) is 64.5 Å². The Labute approximate surface area is 170 Å². The van der Waals surface area contributed by atoms with Crippen LogP contribution in [-0.4, -0.2) is 50.0 Å². The van der Waals surface area contributed by atoms with Gasteiger partial charge in [-0.05, 0) is 36.0 Å². The van der Waals surface area contributed by atoms with E-state index in [2.05, 4.69) is 41.3 Å². The lowest BCUT2D eigenvalue weighted by molar-refractivity contribution is 0.0831. The average molecular weight is 395 g/mol. The van der Waals surface area contributed by atoms with E-state index in [1.807, 2.05) is 26.2 Å². The molecule has 3 aromatic rings. The summed E-state index contributed by atoms with van der Waals surface area (Å²) in [6, 6.07) is 16.6. The van der Waals surface area contributed by atoms with Crippen molar-refractivity contribution in [3.63, 3.8) is 0 Å². The van der Waals surface area contributed by atoms with Crippen LogP contribution in [0.4, 0.5) is 0 Å². The summed E-state index contributed by atoms with van der Waals surface area (Å²) in [5, 5.41) is 1.24. The molecule has 5 heteroatoms. The highest BCUT2D eigenvalue weighted by molar-refractivity contribution is 7.21. The van der Waals surface area contributed by atoms with Gasteiger partial charge in [-0.25, -0.2) is 0 Å². The molecule has 2 aromatic carbocycles. The molecule has 1 aliphatic rings. The molecule has 4 nitrogen and oxygen atoms in total. The molecule has 0 unspecified atom stereocenters. The second kappa shape index (κ2) is 7.94. The topological polar surface area (TPSA) is 32.8 Å². The zero-order chi connectivity index (χ0) is 19.7. The Hall–Kier alpha value is -2.37. The summed E-state index contributed by atoms with van der Waals surface area (Å²) < 4.78 is 6.71. The van der Waals surface area contributed by atoms with Crippen LogP contribution in [-0.2, 0) is 6.54 Å². The molecule has 1 fully saturated rings. The molecule has 1 aliphatic heterocycles. The molecule has 0 saturated carbocycles. The number of methoxy groups -OCH3 is 1. The maximum atomic E-state index is 12.9. The number of fused-ring (bicyclic) bond motifs is 1. The maximum absolute atomic E-state index is 12.9. The summed E-state index contributed by atoms with van der Waals surface area (Å²) in [4.78, 5) is 17.9. The number of likely N-dealkylation sites (tertiary alicyclic amines) is 1. The summed E-state index contributed by atoms with van der Waals surface area (Å²) in [6.45, 7) is 2.87. The fraction of sp³-hybridized carbons (Fsp3) is 0.348. The van der Waals surface area contributed by atoms with Crippen molar-refractivity contribution in [2.75, 3.05) is 34.3 Å². The summed E-state index contributed by atoms with van der Waals surface area (Å²) in [5.74, 6) is 1.43. The van der Waals surface area contributed by atoms with Crippen LogP contribution in [0.15, 0.2) is 48.5 Å². The minimum atomic E-state index is 0.111. The number of rotatable bonds is 5. The molecule has 28 heavy (non-hydrogen) atoms. The summed E-state index contributed by atoms with van der Waals surface area (Å²) in [6.07, 6.45) is 1.07. The molecule has 2 heterocycles. The first-order chi connectivity index (χ1) is 13.6. The van der Waals surface area contributed by atoms with Gasteiger partial charge in [0.25, 0.3) is 5.91 Å². The van der Waals surface area contributed by atoms with Gasteiger partial charge in [0.05, 0.1) is 12.0 Å². The molecular formula is C23H26N2O2S. The van der Waals surface area contributed by atoms with Gasteiger partial charge in [0, 0.05) is 43.4 Å². The second-order valence-corrected chi connectivity index (χ2v) is 8.63. The molecule has 0 radical (unpaired) electrons. The van der Waals surface area contributed by atoms with Crippen LogP contribution >= 0.6 is 11.3 Å². The molecule has 0 bridgehead atoms. The smallest absolute Gasteiger partial charge is 0.263 e. The summed E-state index contributed by atoms with van der Waals surface area (Å²) >= 11 is 1.63. The van der Waals surface area contributed by atoms with Gasteiger partial charge >= 0.3 is 0 Å². The average Bonchev–Trinajstić information content (AvgIpc) is 3.31. The third-order valence-corrected chi connectivity index (χ3v) is 6.68. The lowest BCUT2D eigenvalue weighted by Gasteiger charge is -2.19. The number of nitrogens with zero attached hydrogens (tertiary/aromatic N) is 2. The molecule has 0 aliphatic carbocycles. The normalized spacial score (nSPS) is 17.2. The number of thiophene rings is 1.